The fraction of sp³-hybridized carbons (Fsp3) is 0.400. The lowest BCUT2D eigenvalue weighted by Crippen LogP contribution is -2.52. The summed E-state index contributed by atoms with van der Waals surface area (Å²) < 4.78 is 5.33. The van der Waals surface area contributed by atoms with Crippen LogP contribution >= 0.6 is 0 Å². The SMILES string of the molecule is COc1cccc(CN2CCCC2(C(=O)N(C)C)c2cnccn2)c1.O=CO. The number of ether oxygens (including phenoxy) is 1. The molecule has 150 valence electrons. The third-order valence-electron chi connectivity index (χ3n) is 4.76. The van der Waals surface area contributed by atoms with E-state index in [-0.39, 0.29) is 12.4 Å². The molecule has 8 nitrogen and oxygen atoms in total. The molecule has 0 saturated carbocycles. The number of rotatable bonds is 5. The maximum atomic E-state index is 13.2. The van der Waals surface area contributed by atoms with Gasteiger partial charge in [-0.1, -0.05) is 12.1 Å². The summed E-state index contributed by atoms with van der Waals surface area (Å²) in [6.45, 7) is 1.25. The molecular weight excluding hydrogens is 360 g/mol. The van der Waals surface area contributed by atoms with Gasteiger partial charge in [-0.15, -0.1) is 0 Å². The zero-order valence-electron chi connectivity index (χ0n) is 16.4. The van der Waals surface area contributed by atoms with Gasteiger partial charge in [0.1, 0.15) is 11.3 Å². The zero-order chi connectivity index (χ0) is 20.6. The first kappa shape index (κ1) is 21.3. The third-order valence-corrected chi connectivity index (χ3v) is 4.76. The molecule has 2 heterocycles. The van der Waals surface area contributed by atoms with Gasteiger partial charge in [-0.2, -0.15) is 0 Å². The maximum absolute atomic E-state index is 13.2. The van der Waals surface area contributed by atoms with Crippen LogP contribution in [0.25, 0.3) is 0 Å². The van der Waals surface area contributed by atoms with Crippen molar-refractivity contribution in [2.45, 2.75) is 24.9 Å². The number of amides is 1. The van der Waals surface area contributed by atoms with Crippen molar-refractivity contribution in [3.63, 3.8) is 0 Å². The first-order valence-electron chi connectivity index (χ1n) is 8.93. The summed E-state index contributed by atoms with van der Waals surface area (Å²) in [7, 11) is 5.25. The van der Waals surface area contributed by atoms with Crippen molar-refractivity contribution in [3.8, 4) is 5.75 Å². The van der Waals surface area contributed by atoms with E-state index in [0.29, 0.717) is 12.2 Å². The van der Waals surface area contributed by atoms with Crippen LogP contribution in [0.5, 0.6) is 5.75 Å². The minimum Gasteiger partial charge on any atom is -0.497 e. The van der Waals surface area contributed by atoms with E-state index in [4.69, 9.17) is 14.6 Å². The number of aromatic nitrogens is 2. The molecule has 0 spiro atoms. The van der Waals surface area contributed by atoms with Gasteiger partial charge >= 0.3 is 0 Å². The standard InChI is InChI=1S/C19H24N4O2.CH2O2/c1-22(2)18(24)19(17-13-20-9-10-21-17)8-5-11-23(19)14-15-6-4-7-16(12-15)25-3;2-1-3/h4,6-7,9-10,12-13H,5,8,11,14H2,1-3H3;1H,(H,2,3). The maximum Gasteiger partial charge on any atom is 0.290 e. The Balaban J connectivity index is 0.000000878. The summed E-state index contributed by atoms with van der Waals surface area (Å²) in [5, 5.41) is 6.89. The summed E-state index contributed by atoms with van der Waals surface area (Å²) in [6, 6.07) is 7.97. The van der Waals surface area contributed by atoms with Gasteiger partial charge in [0.05, 0.1) is 19.0 Å². The van der Waals surface area contributed by atoms with Crippen LogP contribution in [0.4, 0.5) is 0 Å². The Labute approximate surface area is 164 Å². The molecule has 1 N–H and O–H groups in total. The highest BCUT2D eigenvalue weighted by Gasteiger charge is 2.50. The first-order valence-corrected chi connectivity index (χ1v) is 8.93. The van der Waals surface area contributed by atoms with E-state index in [1.165, 1.54) is 0 Å². The van der Waals surface area contributed by atoms with E-state index in [9.17, 15) is 4.79 Å². The normalized spacial score (nSPS) is 18.7. The van der Waals surface area contributed by atoms with Crippen LogP contribution in [0.1, 0.15) is 24.1 Å². The number of nitrogens with zero attached hydrogens (tertiary/aromatic N) is 4. The Morgan fingerprint density at radius 2 is 2.14 bits per heavy atom. The molecule has 1 amide bonds. The van der Waals surface area contributed by atoms with Gasteiger partial charge in [0.25, 0.3) is 6.47 Å². The monoisotopic (exact) mass is 386 g/mol. The minimum atomic E-state index is -0.763. The van der Waals surface area contributed by atoms with Gasteiger partial charge in [0.15, 0.2) is 0 Å². The molecule has 1 aliphatic rings. The van der Waals surface area contributed by atoms with Crippen LogP contribution in [-0.4, -0.2) is 65.0 Å². The largest absolute Gasteiger partial charge is 0.497 e. The van der Waals surface area contributed by atoms with Crippen LogP contribution < -0.4 is 4.74 Å². The van der Waals surface area contributed by atoms with Crippen LogP contribution in [-0.2, 0) is 21.7 Å². The van der Waals surface area contributed by atoms with Crippen molar-refractivity contribution in [2.24, 2.45) is 0 Å². The number of hydrogen-bond acceptors (Lipinski definition) is 6. The molecule has 1 saturated heterocycles. The molecule has 0 bridgehead atoms. The molecule has 0 radical (unpaired) electrons. The number of likely N-dealkylation sites (tertiary alicyclic amines) is 1. The molecule has 3 rings (SSSR count). The van der Waals surface area contributed by atoms with E-state index >= 15 is 0 Å². The molecule has 1 aromatic heterocycles. The van der Waals surface area contributed by atoms with Gasteiger partial charge in [-0.3, -0.25) is 24.5 Å². The number of hydrogen-bond donors (Lipinski definition) is 1. The molecule has 28 heavy (non-hydrogen) atoms. The molecule has 8 heteroatoms. The lowest BCUT2D eigenvalue weighted by molar-refractivity contribution is -0.141. The quantitative estimate of drug-likeness (QED) is 0.782. The van der Waals surface area contributed by atoms with Crippen molar-refractivity contribution >= 4 is 12.4 Å². The average molecular weight is 386 g/mol. The number of carboxylic acid groups (broad SMARTS) is 1. The number of likely N-dealkylation sites (N-methyl/N-ethyl adjacent to an activating group) is 1. The van der Waals surface area contributed by atoms with Crippen molar-refractivity contribution in [2.75, 3.05) is 27.7 Å². The first-order chi connectivity index (χ1) is 13.5. The summed E-state index contributed by atoms with van der Waals surface area (Å²) >= 11 is 0. The van der Waals surface area contributed by atoms with E-state index < -0.39 is 5.54 Å². The second kappa shape index (κ2) is 9.80. The second-order valence-corrected chi connectivity index (χ2v) is 6.63. The van der Waals surface area contributed by atoms with Crippen LogP contribution in [0.15, 0.2) is 42.9 Å². The molecule has 1 aromatic carbocycles. The van der Waals surface area contributed by atoms with Gasteiger partial charge in [-0.25, -0.2) is 0 Å². The van der Waals surface area contributed by atoms with Crippen molar-refractivity contribution in [3.05, 3.63) is 54.1 Å². The Morgan fingerprint density at radius 1 is 1.39 bits per heavy atom. The highest BCUT2D eigenvalue weighted by molar-refractivity contribution is 5.87. The average Bonchev–Trinajstić information content (AvgIpc) is 3.13. The number of benzene rings is 1. The topological polar surface area (TPSA) is 95.9 Å². The molecule has 1 unspecified atom stereocenters. The van der Waals surface area contributed by atoms with Gasteiger partial charge in [0.2, 0.25) is 5.91 Å². The van der Waals surface area contributed by atoms with Crippen LogP contribution in [0, 0.1) is 0 Å². The van der Waals surface area contributed by atoms with Gasteiger partial charge < -0.3 is 14.7 Å². The summed E-state index contributed by atoms with van der Waals surface area (Å²) in [5.41, 5.74) is 1.07. The third kappa shape index (κ3) is 4.45. The minimum absolute atomic E-state index is 0.0494. The Morgan fingerprint density at radius 3 is 2.75 bits per heavy atom. The van der Waals surface area contributed by atoms with E-state index in [2.05, 4.69) is 20.9 Å². The molecule has 1 fully saturated rings. The summed E-state index contributed by atoms with van der Waals surface area (Å²) in [4.78, 5) is 34.1. The Hall–Kier alpha value is -3.00. The number of methoxy groups -OCH3 is 1. The van der Waals surface area contributed by atoms with Crippen molar-refractivity contribution < 1.29 is 19.4 Å². The van der Waals surface area contributed by atoms with E-state index in [1.54, 1.807) is 44.7 Å². The fourth-order valence-corrected chi connectivity index (χ4v) is 3.60. The van der Waals surface area contributed by atoms with E-state index in [0.717, 1.165) is 30.7 Å². The zero-order valence-corrected chi connectivity index (χ0v) is 16.4. The van der Waals surface area contributed by atoms with Gasteiger partial charge in [-0.05, 0) is 37.1 Å². The molecule has 1 aliphatic heterocycles. The number of carbonyl (C=O) groups is 2. The lowest BCUT2D eigenvalue weighted by atomic mass is 9.90. The van der Waals surface area contributed by atoms with Crippen LogP contribution in [0.2, 0.25) is 0 Å². The predicted molar refractivity (Wildman–Crippen MR) is 104 cm³/mol. The number of carbonyl (C=O) groups excluding carboxylic acids is 1. The van der Waals surface area contributed by atoms with Crippen molar-refractivity contribution in [1.29, 1.82) is 0 Å². The Kier molecular flexibility index (Phi) is 7.45. The van der Waals surface area contributed by atoms with Crippen LogP contribution in [0.3, 0.4) is 0 Å². The second-order valence-electron chi connectivity index (χ2n) is 6.63. The molecule has 2 aromatic rings. The Bertz CT molecular complexity index is 785. The fourth-order valence-electron chi connectivity index (χ4n) is 3.60. The predicted octanol–water partition coefficient (Wildman–Crippen LogP) is 1.77. The molecule has 0 aliphatic carbocycles. The van der Waals surface area contributed by atoms with E-state index in [1.807, 2.05) is 18.2 Å². The summed E-state index contributed by atoms with van der Waals surface area (Å²) in [5.74, 6) is 0.870. The smallest absolute Gasteiger partial charge is 0.290 e. The van der Waals surface area contributed by atoms with Gasteiger partial charge in [0, 0.05) is 33.0 Å². The molecular formula is C20H26N4O4. The molecule has 1 atom stereocenters. The highest BCUT2D eigenvalue weighted by atomic mass is 16.5. The highest BCUT2D eigenvalue weighted by Crippen LogP contribution is 2.40. The van der Waals surface area contributed by atoms with Crippen molar-refractivity contribution in [1.82, 2.24) is 19.8 Å². The lowest BCUT2D eigenvalue weighted by Gasteiger charge is -2.38. The summed E-state index contributed by atoms with van der Waals surface area (Å²) in [6.07, 6.45) is 6.69.